The Morgan fingerprint density at radius 2 is 1.59 bits per heavy atom. The third-order valence-electron chi connectivity index (χ3n) is 9.27. The van der Waals surface area contributed by atoms with Crippen molar-refractivity contribution >= 4 is 42.9 Å². The van der Waals surface area contributed by atoms with E-state index in [2.05, 4.69) is 35.3 Å². The van der Waals surface area contributed by atoms with Crippen LogP contribution in [0.15, 0.2) is 84.9 Å². The van der Waals surface area contributed by atoms with Crippen LogP contribution in [0.4, 0.5) is 4.79 Å². The Balaban J connectivity index is 1.22. The van der Waals surface area contributed by atoms with Crippen LogP contribution in [0, 0.1) is 0 Å². The van der Waals surface area contributed by atoms with Crippen molar-refractivity contribution in [2.24, 2.45) is 0 Å². The van der Waals surface area contributed by atoms with Crippen LogP contribution in [0.25, 0.3) is 10.9 Å². The van der Waals surface area contributed by atoms with Crippen LogP contribution < -0.4 is 10.6 Å². The zero-order valence-electron chi connectivity index (χ0n) is 28.2. The van der Waals surface area contributed by atoms with Gasteiger partial charge in [0.2, 0.25) is 11.8 Å². The number of aromatic amines is 1. The predicted molar refractivity (Wildman–Crippen MR) is 189 cm³/mol. The van der Waals surface area contributed by atoms with Crippen molar-refractivity contribution in [3.05, 3.63) is 107 Å². The molecule has 0 radical (unpaired) electrons. The van der Waals surface area contributed by atoms with E-state index in [1.807, 2.05) is 84.9 Å². The molecule has 3 amide bonds. The van der Waals surface area contributed by atoms with Gasteiger partial charge in [0.25, 0.3) is 0 Å². The van der Waals surface area contributed by atoms with Crippen molar-refractivity contribution in [1.82, 2.24) is 20.5 Å². The molecule has 49 heavy (non-hydrogen) atoms. The highest BCUT2D eigenvalue weighted by Crippen LogP contribution is 2.43. The Labute approximate surface area is 287 Å². The van der Waals surface area contributed by atoms with E-state index in [0.717, 1.165) is 39.3 Å². The molecule has 0 spiro atoms. The van der Waals surface area contributed by atoms with Crippen molar-refractivity contribution in [3.63, 3.8) is 0 Å². The number of hydrogen-bond donors (Lipinski definition) is 3. The molecule has 11 heteroatoms. The van der Waals surface area contributed by atoms with Gasteiger partial charge in [-0.3, -0.25) is 14.4 Å². The second kappa shape index (κ2) is 14.7. The fourth-order valence-electron chi connectivity index (χ4n) is 6.76. The maximum atomic E-state index is 14.3. The van der Waals surface area contributed by atoms with Crippen LogP contribution >= 0.6 is 0 Å². The SMILES string of the molecule is C[Si](C)(C)CCOC(=O)C[C@H](Cc1ccccc1)NC(=O)[C@@H]1Cc2c([nH]c3ccccc23)[C@H]2C[C@H](NC(=O)OCc3ccccc3)C(=O)N21. The minimum atomic E-state index is -1.39. The number of hydrogen-bond acceptors (Lipinski definition) is 6. The highest BCUT2D eigenvalue weighted by Gasteiger charge is 2.51. The number of carbonyl (C=O) groups is 4. The summed E-state index contributed by atoms with van der Waals surface area (Å²) in [6.07, 6.45) is 0.300. The first-order valence-electron chi connectivity index (χ1n) is 16.9. The molecule has 0 unspecified atom stereocenters. The van der Waals surface area contributed by atoms with Gasteiger partial charge in [-0.25, -0.2) is 4.79 Å². The van der Waals surface area contributed by atoms with Gasteiger partial charge >= 0.3 is 12.1 Å². The lowest BCUT2D eigenvalue weighted by Gasteiger charge is -2.37. The summed E-state index contributed by atoms with van der Waals surface area (Å²) in [5.74, 6) is -1.07. The number of esters is 1. The number of fused-ring (bicyclic) bond motifs is 5. The van der Waals surface area contributed by atoms with Gasteiger partial charge in [0.15, 0.2) is 0 Å². The monoisotopic (exact) mass is 680 g/mol. The molecule has 2 aliphatic rings. The van der Waals surface area contributed by atoms with Crippen molar-refractivity contribution < 1.29 is 28.7 Å². The van der Waals surface area contributed by atoms with Gasteiger partial charge in [0, 0.05) is 43.6 Å². The normalized spacial score (nSPS) is 19.1. The topological polar surface area (TPSA) is 130 Å². The first-order chi connectivity index (χ1) is 23.6. The number of aromatic nitrogens is 1. The van der Waals surface area contributed by atoms with E-state index in [4.69, 9.17) is 9.47 Å². The van der Waals surface area contributed by atoms with Crippen LogP contribution in [0.5, 0.6) is 0 Å². The maximum absolute atomic E-state index is 14.3. The maximum Gasteiger partial charge on any atom is 0.408 e. The fraction of sp³-hybridized carbons (Fsp3) is 0.368. The highest BCUT2D eigenvalue weighted by atomic mass is 28.3. The molecule has 3 aromatic carbocycles. The molecule has 1 fully saturated rings. The quantitative estimate of drug-likeness (QED) is 0.131. The zero-order chi connectivity index (χ0) is 34.5. The highest BCUT2D eigenvalue weighted by molar-refractivity contribution is 6.76. The standard InChI is InChI=1S/C38H44N4O6Si/c1-49(2,3)19-18-47-34(43)21-27(20-25-12-6-4-7-13-25)39-36(44)33-22-29-28-16-10-11-17-30(28)40-35(29)32-23-31(37(45)42(32)33)41-38(46)48-24-26-14-8-5-9-15-26/h4-17,27,31-33,40H,18-24H2,1-3H3,(H,39,44)(H,41,46)/t27-,31-,32+,33-/m0/s1. The van der Waals surface area contributed by atoms with Gasteiger partial charge in [0.05, 0.1) is 19.1 Å². The largest absolute Gasteiger partial charge is 0.466 e. The third-order valence-corrected chi connectivity index (χ3v) is 11.0. The van der Waals surface area contributed by atoms with Gasteiger partial charge in [-0.2, -0.15) is 0 Å². The van der Waals surface area contributed by atoms with Crippen molar-refractivity contribution in [1.29, 1.82) is 0 Å². The number of amides is 3. The van der Waals surface area contributed by atoms with Crippen LogP contribution in [0.3, 0.4) is 0 Å². The van der Waals surface area contributed by atoms with E-state index in [-0.39, 0.29) is 43.7 Å². The smallest absolute Gasteiger partial charge is 0.408 e. The number of nitrogens with zero attached hydrogens (tertiary/aromatic N) is 1. The number of benzene rings is 3. The van der Waals surface area contributed by atoms with E-state index < -0.39 is 38.3 Å². The number of ether oxygens (including phenoxy) is 2. The lowest BCUT2D eigenvalue weighted by molar-refractivity contribution is -0.145. The Morgan fingerprint density at radius 1 is 0.918 bits per heavy atom. The number of para-hydroxylation sites is 1. The molecule has 1 aromatic heterocycles. The minimum Gasteiger partial charge on any atom is -0.466 e. The molecule has 256 valence electrons. The number of nitrogens with one attached hydrogen (secondary N) is 3. The van der Waals surface area contributed by atoms with Crippen LogP contribution in [-0.2, 0) is 43.3 Å². The van der Waals surface area contributed by atoms with Gasteiger partial charge in [0.1, 0.15) is 18.7 Å². The van der Waals surface area contributed by atoms with Crippen LogP contribution in [0.1, 0.15) is 41.3 Å². The second-order valence-electron chi connectivity index (χ2n) is 14.2. The molecule has 4 aromatic rings. The van der Waals surface area contributed by atoms with Gasteiger partial charge in [-0.15, -0.1) is 0 Å². The lowest BCUT2D eigenvalue weighted by Crippen LogP contribution is -2.55. The molecule has 0 aliphatic carbocycles. The molecule has 6 rings (SSSR count). The third kappa shape index (κ3) is 8.22. The summed E-state index contributed by atoms with van der Waals surface area (Å²) < 4.78 is 11.0. The lowest BCUT2D eigenvalue weighted by atomic mass is 9.91. The Bertz CT molecular complexity index is 1810. The molecule has 10 nitrogen and oxygen atoms in total. The summed E-state index contributed by atoms with van der Waals surface area (Å²) in [7, 11) is -1.39. The van der Waals surface area contributed by atoms with E-state index in [9.17, 15) is 19.2 Å². The summed E-state index contributed by atoms with van der Waals surface area (Å²) in [6, 6.07) is 25.0. The molecule has 3 N–H and O–H groups in total. The van der Waals surface area contributed by atoms with Gasteiger partial charge in [-0.1, -0.05) is 98.5 Å². The van der Waals surface area contributed by atoms with Crippen molar-refractivity contribution in [2.75, 3.05) is 6.61 Å². The van der Waals surface area contributed by atoms with Crippen molar-refractivity contribution in [3.8, 4) is 0 Å². The number of alkyl carbamates (subject to hydrolysis) is 1. The molecule has 2 aliphatic heterocycles. The zero-order valence-corrected chi connectivity index (χ0v) is 29.2. The molecular weight excluding hydrogens is 637 g/mol. The Morgan fingerprint density at radius 3 is 2.31 bits per heavy atom. The molecule has 0 bridgehead atoms. The average molecular weight is 681 g/mol. The number of rotatable bonds is 12. The average Bonchev–Trinajstić information content (AvgIpc) is 3.61. The molecule has 3 heterocycles. The van der Waals surface area contributed by atoms with E-state index in [1.54, 1.807) is 4.90 Å². The van der Waals surface area contributed by atoms with E-state index >= 15 is 0 Å². The second-order valence-corrected chi connectivity index (χ2v) is 19.8. The van der Waals surface area contributed by atoms with Gasteiger partial charge < -0.3 is 30.0 Å². The molecule has 0 saturated carbocycles. The Hall–Kier alpha value is -4.90. The summed E-state index contributed by atoms with van der Waals surface area (Å²) in [4.78, 5) is 59.3. The van der Waals surface area contributed by atoms with Gasteiger partial charge in [-0.05, 0) is 35.2 Å². The first-order valence-corrected chi connectivity index (χ1v) is 20.7. The first kappa shape index (κ1) is 34.0. The van der Waals surface area contributed by atoms with Crippen LogP contribution in [0.2, 0.25) is 25.7 Å². The summed E-state index contributed by atoms with van der Waals surface area (Å²) >= 11 is 0. The summed E-state index contributed by atoms with van der Waals surface area (Å²) in [5.41, 5.74) is 4.56. The molecule has 4 atom stereocenters. The molecule has 1 saturated heterocycles. The van der Waals surface area contributed by atoms with Crippen LogP contribution in [-0.4, -0.2) is 66.6 Å². The van der Waals surface area contributed by atoms with Crippen molar-refractivity contribution in [2.45, 2.75) is 82.1 Å². The number of H-pyrrole nitrogens is 1. The molecular formula is C38H44N4O6Si. The predicted octanol–water partition coefficient (Wildman–Crippen LogP) is 5.66. The fourth-order valence-corrected chi connectivity index (χ4v) is 7.48. The Kier molecular flexibility index (Phi) is 10.2. The minimum absolute atomic E-state index is 0.00615. The van der Waals surface area contributed by atoms with E-state index in [1.165, 1.54) is 0 Å². The summed E-state index contributed by atoms with van der Waals surface area (Å²) in [5, 5.41) is 6.87. The summed E-state index contributed by atoms with van der Waals surface area (Å²) in [6.45, 7) is 7.11. The number of carbonyl (C=O) groups excluding carboxylic acids is 4. The van der Waals surface area contributed by atoms with E-state index in [0.29, 0.717) is 13.0 Å².